The number of nitrogen functional groups attached to an aromatic ring is 1. The quantitative estimate of drug-likeness (QED) is 0.660. The molecule has 0 aliphatic rings. The summed E-state index contributed by atoms with van der Waals surface area (Å²) in [6, 6.07) is 7.83. The summed E-state index contributed by atoms with van der Waals surface area (Å²) >= 11 is 0. The predicted octanol–water partition coefficient (Wildman–Crippen LogP) is 2.98. The van der Waals surface area contributed by atoms with Gasteiger partial charge in [-0.05, 0) is 36.1 Å². The van der Waals surface area contributed by atoms with E-state index in [1.165, 1.54) is 6.20 Å². The van der Waals surface area contributed by atoms with Crippen molar-refractivity contribution >= 4 is 5.84 Å². The van der Waals surface area contributed by atoms with E-state index in [0.717, 1.165) is 16.9 Å². The molecular formula is C15H18N4O. The third-order valence-electron chi connectivity index (χ3n) is 2.90. The average Bonchev–Trinajstić information content (AvgIpc) is 2.38. The molecule has 0 radical (unpaired) electrons. The summed E-state index contributed by atoms with van der Waals surface area (Å²) in [6.45, 7) is 6.21. The number of ether oxygens (including phenoxy) is 1. The lowest BCUT2D eigenvalue weighted by molar-refractivity contribution is 0.433. The van der Waals surface area contributed by atoms with Crippen LogP contribution in [0.15, 0.2) is 30.5 Å². The van der Waals surface area contributed by atoms with E-state index in [0.29, 0.717) is 11.6 Å². The summed E-state index contributed by atoms with van der Waals surface area (Å²) in [4.78, 5) is 8.18. The Kier molecular flexibility index (Phi) is 3.98. The van der Waals surface area contributed by atoms with Crippen molar-refractivity contribution in [2.24, 2.45) is 5.73 Å². The molecule has 20 heavy (non-hydrogen) atoms. The maximum absolute atomic E-state index is 7.39. The molecule has 1 aromatic heterocycles. The Balaban J connectivity index is 2.36. The molecule has 3 N–H and O–H groups in total. The van der Waals surface area contributed by atoms with Crippen LogP contribution in [-0.4, -0.2) is 15.8 Å². The van der Waals surface area contributed by atoms with Crippen molar-refractivity contribution in [2.45, 2.75) is 26.7 Å². The first-order chi connectivity index (χ1) is 9.47. The molecule has 1 aromatic carbocycles. The van der Waals surface area contributed by atoms with Crippen LogP contribution in [0.4, 0.5) is 0 Å². The zero-order chi connectivity index (χ0) is 14.7. The van der Waals surface area contributed by atoms with Crippen molar-refractivity contribution in [3.8, 4) is 11.8 Å². The average molecular weight is 270 g/mol. The number of hydrogen-bond donors (Lipinski definition) is 2. The van der Waals surface area contributed by atoms with Gasteiger partial charge in [-0.1, -0.05) is 26.0 Å². The van der Waals surface area contributed by atoms with E-state index in [4.69, 9.17) is 15.9 Å². The maximum atomic E-state index is 7.39. The monoisotopic (exact) mass is 270 g/mol. The number of hydrogen-bond acceptors (Lipinski definition) is 4. The fourth-order valence-electron chi connectivity index (χ4n) is 1.85. The van der Waals surface area contributed by atoms with Gasteiger partial charge in [0.15, 0.2) is 0 Å². The molecule has 0 amide bonds. The molecule has 1 heterocycles. The van der Waals surface area contributed by atoms with Gasteiger partial charge in [0.05, 0.1) is 0 Å². The van der Waals surface area contributed by atoms with Crippen molar-refractivity contribution in [1.29, 1.82) is 5.41 Å². The van der Waals surface area contributed by atoms with Crippen molar-refractivity contribution in [3.05, 3.63) is 47.3 Å². The van der Waals surface area contributed by atoms with Gasteiger partial charge in [0, 0.05) is 6.20 Å². The summed E-state index contributed by atoms with van der Waals surface area (Å²) in [5.74, 6) is 0.966. The fraction of sp³-hybridized carbons (Fsp3) is 0.267. The van der Waals surface area contributed by atoms with Gasteiger partial charge in [-0.2, -0.15) is 4.98 Å². The van der Waals surface area contributed by atoms with E-state index in [2.05, 4.69) is 29.9 Å². The molecule has 0 aliphatic carbocycles. The molecule has 2 aromatic rings. The van der Waals surface area contributed by atoms with E-state index >= 15 is 0 Å². The highest BCUT2D eigenvalue weighted by Crippen LogP contribution is 2.30. The Morgan fingerprint density at radius 3 is 2.70 bits per heavy atom. The number of aryl methyl sites for hydroxylation is 1. The molecule has 0 saturated heterocycles. The van der Waals surface area contributed by atoms with Crippen molar-refractivity contribution in [1.82, 2.24) is 9.97 Å². The number of nitrogens with two attached hydrogens (primary N) is 1. The zero-order valence-electron chi connectivity index (χ0n) is 11.8. The summed E-state index contributed by atoms with van der Waals surface area (Å²) in [7, 11) is 0. The lowest BCUT2D eigenvalue weighted by Gasteiger charge is -2.13. The van der Waals surface area contributed by atoms with E-state index in [1.807, 2.05) is 19.1 Å². The van der Waals surface area contributed by atoms with Crippen LogP contribution >= 0.6 is 0 Å². The van der Waals surface area contributed by atoms with Crippen LogP contribution in [0.1, 0.15) is 36.6 Å². The van der Waals surface area contributed by atoms with E-state index in [-0.39, 0.29) is 11.8 Å². The molecule has 5 nitrogen and oxygen atoms in total. The molecule has 0 atom stereocenters. The van der Waals surface area contributed by atoms with Crippen molar-refractivity contribution in [2.75, 3.05) is 0 Å². The maximum Gasteiger partial charge on any atom is 0.322 e. The first-order valence-electron chi connectivity index (χ1n) is 6.43. The first kappa shape index (κ1) is 14.0. The third-order valence-corrected chi connectivity index (χ3v) is 2.90. The number of aromatic nitrogens is 2. The number of amidine groups is 1. The van der Waals surface area contributed by atoms with Gasteiger partial charge in [0.1, 0.15) is 17.3 Å². The first-order valence-corrected chi connectivity index (χ1v) is 6.43. The van der Waals surface area contributed by atoms with Crippen LogP contribution in [0.3, 0.4) is 0 Å². The minimum Gasteiger partial charge on any atom is -0.424 e. The molecule has 0 unspecified atom stereocenters. The van der Waals surface area contributed by atoms with Crippen LogP contribution in [0.5, 0.6) is 11.8 Å². The number of nitrogens with one attached hydrogen (secondary N) is 1. The molecule has 0 aliphatic heterocycles. The van der Waals surface area contributed by atoms with Crippen molar-refractivity contribution in [3.63, 3.8) is 0 Å². The molecular weight excluding hydrogens is 252 g/mol. The molecule has 5 heteroatoms. The molecule has 104 valence electrons. The molecule has 0 spiro atoms. The van der Waals surface area contributed by atoms with Gasteiger partial charge in [0.25, 0.3) is 0 Å². The second-order valence-electron chi connectivity index (χ2n) is 4.94. The fourth-order valence-corrected chi connectivity index (χ4v) is 1.85. The third kappa shape index (κ3) is 3.12. The predicted molar refractivity (Wildman–Crippen MR) is 78.4 cm³/mol. The minimum absolute atomic E-state index is 0.106. The van der Waals surface area contributed by atoms with Crippen molar-refractivity contribution < 1.29 is 4.74 Å². The Labute approximate surface area is 118 Å². The Hall–Kier alpha value is -2.43. The van der Waals surface area contributed by atoms with E-state index in [9.17, 15) is 0 Å². The van der Waals surface area contributed by atoms with Crippen LogP contribution in [0, 0.1) is 12.3 Å². The largest absolute Gasteiger partial charge is 0.424 e. The van der Waals surface area contributed by atoms with Gasteiger partial charge >= 0.3 is 6.01 Å². The SMILES string of the molecule is Cc1ccc(C(C)C)c(Oc2nccc(C(=N)N)n2)c1. The Bertz CT molecular complexity index is 638. The Morgan fingerprint density at radius 1 is 1.30 bits per heavy atom. The van der Waals surface area contributed by atoms with E-state index < -0.39 is 0 Å². The normalized spacial score (nSPS) is 10.6. The molecule has 2 rings (SSSR count). The number of rotatable bonds is 4. The van der Waals surface area contributed by atoms with Crippen LogP contribution < -0.4 is 10.5 Å². The molecule has 0 saturated carbocycles. The second-order valence-corrected chi connectivity index (χ2v) is 4.94. The highest BCUT2D eigenvalue weighted by molar-refractivity contribution is 5.92. The minimum atomic E-state index is -0.106. The van der Waals surface area contributed by atoms with Crippen LogP contribution in [-0.2, 0) is 0 Å². The summed E-state index contributed by atoms with van der Waals surface area (Å²) < 4.78 is 5.77. The van der Waals surface area contributed by atoms with Gasteiger partial charge in [0.2, 0.25) is 0 Å². The standard InChI is InChI=1S/C15H18N4O/c1-9(2)11-5-4-10(3)8-13(11)20-15-18-7-6-12(19-15)14(16)17/h4-9H,1-3H3,(H3,16,17). The van der Waals surface area contributed by atoms with Gasteiger partial charge < -0.3 is 10.5 Å². The highest BCUT2D eigenvalue weighted by atomic mass is 16.5. The highest BCUT2D eigenvalue weighted by Gasteiger charge is 2.11. The summed E-state index contributed by atoms with van der Waals surface area (Å²) in [5, 5.41) is 7.39. The van der Waals surface area contributed by atoms with Gasteiger partial charge in [-0.25, -0.2) is 4.98 Å². The van der Waals surface area contributed by atoms with E-state index in [1.54, 1.807) is 6.07 Å². The van der Waals surface area contributed by atoms with Crippen LogP contribution in [0.25, 0.3) is 0 Å². The number of benzene rings is 1. The topological polar surface area (TPSA) is 84.9 Å². The smallest absolute Gasteiger partial charge is 0.322 e. The zero-order valence-corrected chi connectivity index (χ0v) is 11.8. The summed E-state index contributed by atoms with van der Waals surface area (Å²) in [5.41, 5.74) is 7.97. The van der Waals surface area contributed by atoms with Crippen LogP contribution in [0.2, 0.25) is 0 Å². The number of nitrogens with zero attached hydrogens (tertiary/aromatic N) is 2. The van der Waals surface area contributed by atoms with Gasteiger partial charge in [-0.3, -0.25) is 5.41 Å². The summed E-state index contributed by atoms with van der Waals surface area (Å²) in [6.07, 6.45) is 1.53. The Morgan fingerprint density at radius 2 is 2.05 bits per heavy atom. The molecule has 0 bridgehead atoms. The second kappa shape index (κ2) is 5.69. The lowest BCUT2D eigenvalue weighted by atomic mass is 10.0. The van der Waals surface area contributed by atoms with Gasteiger partial charge in [-0.15, -0.1) is 0 Å². The lowest BCUT2D eigenvalue weighted by Crippen LogP contribution is -2.13. The molecule has 0 fully saturated rings.